The highest BCUT2D eigenvalue weighted by Gasteiger charge is 2.09. The van der Waals surface area contributed by atoms with Gasteiger partial charge in [-0.3, -0.25) is 4.79 Å². The molecule has 1 aromatic rings. The van der Waals surface area contributed by atoms with Gasteiger partial charge in [-0.25, -0.2) is 0 Å². The second-order valence-electron chi connectivity index (χ2n) is 3.32. The van der Waals surface area contributed by atoms with Crippen molar-refractivity contribution >= 4 is 17.9 Å². The van der Waals surface area contributed by atoms with Crippen molar-refractivity contribution in [2.24, 2.45) is 0 Å². The normalized spacial score (nSPS) is 10.1. The predicted molar refractivity (Wildman–Crippen MR) is 62.0 cm³/mol. The van der Waals surface area contributed by atoms with E-state index < -0.39 is 0 Å². The Kier molecular flexibility index (Phi) is 4.63. The van der Waals surface area contributed by atoms with Crippen LogP contribution < -0.4 is 4.74 Å². The summed E-state index contributed by atoms with van der Waals surface area (Å²) in [6.45, 7) is 4.60. The summed E-state index contributed by atoms with van der Waals surface area (Å²) in [5.41, 5.74) is 1.58. The molecule has 0 fully saturated rings. The van der Waals surface area contributed by atoms with E-state index in [-0.39, 0.29) is 0 Å². The molecule has 1 aromatic carbocycles. The van der Waals surface area contributed by atoms with E-state index in [1.807, 2.05) is 26.0 Å². The Balaban J connectivity index is 3.07. The van der Waals surface area contributed by atoms with Crippen LogP contribution in [-0.4, -0.2) is 12.9 Å². The number of aldehydes is 1. The molecule has 0 saturated heterocycles. The van der Waals surface area contributed by atoms with Gasteiger partial charge in [-0.15, -0.1) is 0 Å². The highest BCUT2D eigenvalue weighted by molar-refractivity contribution is 6.32. The summed E-state index contributed by atoms with van der Waals surface area (Å²) in [4.78, 5) is 10.9. The van der Waals surface area contributed by atoms with Crippen molar-refractivity contribution in [3.63, 3.8) is 0 Å². The minimum absolute atomic E-state index is 0.505. The molecule has 0 aromatic heterocycles. The molecule has 0 aliphatic rings. The van der Waals surface area contributed by atoms with Gasteiger partial charge in [-0.2, -0.15) is 0 Å². The summed E-state index contributed by atoms with van der Waals surface area (Å²) in [7, 11) is 0. The van der Waals surface area contributed by atoms with Crippen LogP contribution in [0.3, 0.4) is 0 Å². The largest absolute Gasteiger partial charge is 0.491 e. The second-order valence-corrected chi connectivity index (χ2v) is 3.72. The summed E-state index contributed by atoms with van der Waals surface area (Å²) in [6, 6.07) is 3.67. The van der Waals surface area contributed by atoms with E-state index in [4.69, 9.17) is 16.3 Å². The van der Waals surface area contributed by atoms with Crippen LogP contribution in [-0.2, 0) is 6.42 Å². The first-order valence-corrected chi connectivity index (χ1v) is 5.51. The van der Waals surface area contributed by atoms with E-state index in [2.05, 4.69) is 0 Å². The van der Waals surface area contributed by atoms with E-state index in [0.29, 0.717) is 22.9 Å². The number of benzene rings is 1. The Hall–Kier alpha value is -1.02. The third-order valence-electron chi connectivity index (χ3n) is 2.12. The molecular weight excluding hydrogens is 212 g/mol. The molecule has 0 amide bonds. The maximum Gasteiger partial charge on any atom is 0.153 e. The minimum atomic E-state index is 0.505. The van der Waals surface area contributed by atoms with Gasteiger partial charge in [0.25, 0.3) is 0 Å². The van der Waals surface area contributed by atoms with Crippen LogP contribution in [0.1, 0.15) is 36.2 Å². The van der Waals surface area contributed by atoms with Gasteiger partial charge < -0.3 is 4.74 Å². The maximum absolute atomic E-state index is 10.9. The van der Waals surface area contributed by atoms with Gasteiger partial charge in [0.1, 0.15) is 5.75 Å². The third-order valence-corrected chi connectivity index (χ3v) is 2.40. The summed E-state index contributed by atoms with van der Waals surface area (Å²) in [6.07, 6.45) is 2.54. The van der Waals surface area contributed by atoms with Gasteiger partial charge >= 0.3 is 0 Å². The highest BCUT2D eigenvalue weighted by Crippen LogP contribution is 2.29. The van der Waals surface area contributed by atoms with Gasteiger partial charge in [0.05, 0.1) is 17.2 Å². The second kappa shape index (κ2) is 5.76. The molecule has 0 spiro atoms. The topological polar surface area (TPSA) is 26.3 Å². The van der Waals surface area contributed by atoms with Crippen molar-refractivity contribution < 1.29 is 9.53 Å². The summed E-state index contributed by atoms with van der Waals surface area (Å²) in [5.74, 6) is 0.505. The molecule has 0 saturated carbocycles. The van der Waals surface area contributed by atoms with E-state index >= 15 is 0 Å². The van der Waals surface area contributed by atoms with Crippen molar-refractivity contribution in [2.45, 2.75) is 26.7 Å². The number of carbonyl (C=O) groups is 1. The first-order valence-electron chi connectivity index (χ1n) is 5.13. The zero-order valence-corrected chi connectivity index (χ0v) is 9.80. The fourth-order valence-electron chi connectivity index (χ4n) is 1.32. The Bertz CT molecular complexity index is 348. The zero-order chi connectivity index (χ0) is 11.3. The van der Waals surface area contributed by atoms with Crippen molar-refractivity contribution in [1.82, 2.24) is 0 Å². The number of carbonyl (C=O) groups excluding carboxylic acids is 1. The van der Waals surface area contributed by atoms with E-state index in [0.717, 1.165) is 24.7 Å². The van der Waals surface area contributed by atoms with Gasteiger partial charge in [0.15, 0.2) is 6.29 Å². The lowest BCUT2D eigenvalue weighted by molar-refractivity contribution is 0.111. The molecule has 0 aliphatic carbocycles. The summed E-state index contributed by atoms with van der Waals surface area (Å²) in [5, 5.41) is 0.518. The van der Waals surface area contributed by atoms with Gasteiger partial charge in [0, 0.05) is 0 Å². The Labute approximate surface area is 95.2 Å². The Morgan fingerprint density at radius 2 is 2.13 bits per heavy atom. The molecule has 15 heavy (non-hydrogen) atoms. The van der Waals surface area contributed by atoms with Crippen LogP contribution in [0.2, 0.25) is 5.02 Å². The van der Waals surface area contributed by atoms with Crippen LogP contribution in [0.15, 0.2) is 12.1 Å². The zero-order valence-electron chi connectivity index (χ0n) is 9.05. The van der Waals surface area contributed by atoms with Gasteiger partial charge in [-0.05, 0) is 30.5 Å². The van der Waals surface area contributed by atoms with Crippen molar-refractivity contribution in [2.75, 3.05) is 6.61 Å². The lowest BCUT2D eigenvalue weighted by atomic mass is 10.1. The first-order chi connectivity index (χ1) is 7.22. The average molecular weight is 227 g/mol. The molecule has 0 atom stereocenters. The van der Waals surface area contributed by atoms with E-state index in [1.165, 1.54) is 0 Å². The van der Waals surface area contributed by atoms with Crippen molar-refractivity contribution in [1.29, 1.82) is 0 Å². The van der Waals surface area contributed by atoms with Crippen LogP contribution in [0.4, 0.5) is 0 Å². The van der Waals surface area contributed by atoms with E-state index in [1.54, 1.807) is 0 Å². The quantitative estimate of drug-likeness (QED) is 0.719. The molecule has 0 aliphatic heterocycles. The predicted octanol–water partition coefficient (Wildman–Crippen LogP) is 3.50. The molecule has 0 heterocycles. The third kappa shape index (κ3) is 2.96. The van der Waals surface area contributed by atoms with Crippen molar-refractivity contribution in [3.05, 3.63) is 28.3 Å². The molecule has 0 bridgehead atoms. The fourth-order valence-corrected chi connectivity index (χ4v) is 1.63. The first kappa shape index (κ1) is 12.1. The number of rotatable bonds is 5. The summed E-state index contributed by atoms with van der Waals surface area (Å²) >= 11 is 6.04. The molecule has 82 valence electrons. The fraction of sp³-hybridized carbons (Fsp3) is 0.417. The van der Waals surface area contributed by atoms with Crippen LogP contribution in [0.5, 0.6) is 5.75 Å². The molecule has 0 radical (unpaired) electrons. The van der Waals surface area contributed by atoms with Crippen molar-refractivity contribution in [3.8, 4) is 5.75 Å². The Morgan fingerprint density at radius 3 is 2.67 bits per heavy atom. The van der Waals surface area contributed by atoms with Crippen LogP contribution in [0.25, 0.3) is 0 Å². The number of ether oxygens (including phenoxy) is 1. The standard InChI is InChI=1S/C12H15ClO2/c1-3-5-15-12-10(8-14)6-9(4-2)7-11(12)13/h6-8H,3-5H2,1-2H3. The van der Waals surface area contributed by atoms with Crippen LogP contribution in [0, 0.1) is 0 Å². The smallest absolute Gasteiger partial charge is 0.153 e. The molecule has 1 rings (SSSR count). The minimum Gasteiger partial charge on any atom is -0.491 e. The molecule has 2 nitrogen and oxygen atoms in total. The number of hydrogen-bond acceptors (Lipinski definition) is 2. The lowest BCUT2D eigenvalue weighted by Gasteiger charge is -2.10. The number of hydrogen-bond donors (Lipinski definition) is 0. The molecule has 0 N–H and O–H groups in total. The van der Waals surface area contributed by atoms with E-state index in [9.17, 15) is 4.79 Å². The molecule has 0 unspecified atom stereocenters. The van der Waals surface area contributed by atoms with Crippen LogP contribution >= 0.6 is 11.6 Å². The average Bonchev–Trinajstić information content (AvgIpc) is 2.26. The number of aryl methyl sites for hydroxylation is 1. The SMILES string of the molecule is CCCOc1c(Cl)cc(CC)cc1C=O. The maximum atomic E-state index is 10.9. The highest BCUT2D eigenvalue weighted by atomic mass is 35.5. The van der Waals surface area contributed by atoms with Gasteiger partial charge in [-0.1, -0.05) is 25.4 Å². The molecule has 3 heteroatoms. The Morgan fingerprint density at radius 1 is 1.40 bits per heavy atom. The molecular formula is C12H15ClO2. The lowest BCUT2D eigenvalue weighted by Crippen LogP contribution is -2.00. The monoisotopic (exact) mass is 226 g/mol. The number of halogens is 1. The summed E-state index contributed by atoms with van der Waals surface area (Å²) < 4.78 is 5.44. The van der Waals surface area contributed by atoms with Gasteiger partial charge in [0.2, 0.25) is 0 Å².